The van der Waals surface area contributed by atoms with Crippen molar-refractivity contribution in [2.75, 3.05) is 19.7 Å². The monoisotopic (exact) mass is 248 g/mol. The first-order valence-corrected chi connectivity index (χ1v) is 6.40. The Kier molecular flexibility index (Phi) is 12.4. The van der Waals surface area contributed by atoms with Gasteiger partial charge in [0.15, 0.2) is 0 Å². The quantitative estimate of drug-likeness (QED) is 0.527. The third-order valence-corrected chi connectivity index (χ3v) is 2.54. The standard InChI is InChI=1S/C6H13NO.C4H8O.C2H7N.CH4/c1-2-7-6(8)4-3-5-6;1-2-4-3-5-4;1-2-3;/h7-8H,2-5H2,1H3;4H,2-3H2,1H3;2-3H2,1H3;1H4. The number of rotatable bonds is 3. The number of nitrogens with one attached hydrogen (secondary N) is 1. The van der Waals surface area contributed by atoms with E-state index in [0.717, 1.165) is 32.5 Å². The predicted molar refractivity (Wildman–Crippen MR) is 74.0 cm³/mol. The van der Waals surface area contributed by atoms with E-state index in [0.29, 0.717) is 6.10 Å². The van der Waals surface area contributed by atoms with Gasteiger partial charge in [0.05, 0.1) is 12.7 Å². The molecule has 4 N–H and O–H groups in total. The number of hydrogen-bond acceptors (Lipinski definition) is 4. The summed E-state index contributed by atoms with van der Waals surface area (Å²) in [4.78, 5) is 0. The molecule has 1 saturated heterocycles. The lowest BCUT2D eigenvalue weighted by Crippen LogP contribution is -2.50. The zero-order valence-electron chi connectivity index (χ0n) is 11.0. The van der Waals surface area contributed by atoms with Crippen molar-refractivity contribution < 1.29 is 9.84 Å². The van der Waals surface area contributed by atoms with Gasteiger partial charge in [0, 0.05) is 0 Å². The van der Waals surface area contributed by atoms with E-state index in [9.17, 15) is 5.11 Å². The molecule has 0 aromatic heterocycles. The van der Waals surface area contributed by atoms with E-state index in [4.69, 9.17) is 10.5 Å². The summed E-state index contributed by atoms with van der Waals surface area (Å²) in [6.45, 7) is 8.68. The average Bonchev–Trinajstić information content (AvgIpc) is 3.01. The third kappa shape index (κ3) is 10.7. The van der Waals surface area contributed by atoms with E-state index in [1.165, 1.54) is 12.8 Å². The van der Waals surface area contributed by atoms with Gasteiger partial charge >= 0.3 is 0 Å². The lowest BCUT2D eigenvalue weighted by molar-refractivity contribution is -0.0620. The fraction of sp³-hybridized carbons (Fsp3) is 1.00. The molecule has 0 bridgehead atoms. The number of ether oxygens (including phenoxy) is 1. The summed E-state index contributed by atoms with van der Waals surface area (Å²) >= 11 is 0. The molecular weight excluding hydrogens is 216 g/mol. The molecule has 1 aliphatic carbocycles. The van der Waals surface area contributed by atoms with Crippen LogP contribution in [0.25, 0.3) is 0 Å². The molecule has 1 aliphatic heterocycles. The summed E-state index contributed by atoms with van der Waals surface area (Å²) in [7, 11) is 0. The zero-order valence-corrected chi connectivity index (χ0v) is 11.0. The molecule has 0 radical (unpaired) electrons. The van der Waals surface area contributed by atoms with Crippen LogP contribution in [0.2, 0.25) is 0 Å². The Morgan fingerprint density at radius 2 is 1.82 bits per heavy atom. The second-order valence-electron chi connectivity index (χ2n) is 4.19. The van der Waals surface area contributed by atoms with Gasteiger partial charge in [-0.15, -0.1) is 0 Å². The van der Waals surface area contributed by atoms with Crippen LogP contribution in [0.4, 0.5) is 0 Å². The summed E-state index contributed by atoms with van der Waals surface area (Å²) in [5.41, 5.74) is 4.37. The van der Waals surface area contributed by atoms with Gasteiger partial charge in [-0.05, 0) is 38.8 Å². The Morgan fingerprint density at radius 3 is 1.88 bits per heavy atom. The maximum Gasteiger partial charge on any atom is 0.116 e. The SMILES string of the molecule is C.CCC1CO1.CCN.CCNC1(O)CCC1. The topological polar surface area (TPSA) is 70.8 Å². The molecule has 1 unspecified atom stereocenters. The van der Waals surface area contributed by atoms with Crippen LogP contribution in [0.5, 0.6) is 0 Å². The van der Waals surface area contributed by atoms with Crippen molar-refractivity contribution in [1.82, 2.24) is 5.32 Å². The van der Waals surface area contributed by atoms with Crippen molar-refractivity contribution in [2.45, 2.75) is 65.7 Å². The largest absolute Gasteiger partial charge is 0.376 e. The van der Waals surface area contributed by atoms with Crippen LogP contribution in [-0.2, 0) is 4.74 Å². The summed E-state index contributed by atoms with van der Waals surface area (Å²) in [6, 6.07) is 0. The molecule has 4 nitrogen and oxygen atoms in total. The third-order valence-electron chi connectivity index (χ3n) is 2.54. The van der Waals surface area contributed by atoms with Crippen LogP contribution >= 0.6 is 0 Å². The van der Waals surface area contributed by atoms with E-state index in [2.05, 4.69) is 12.2 Å². The number of hydrogen-bond donors (Lipinski definition) is 3. The van der Waals surface area contributed by atoms with E-state index >= 15 is 0 Å². The van der Waals surface area contributed by atoms with E-state index in [1.54, 1.807) is 0 Å². The van der Waals surface area contributed by atoms with Gasteiger partial charge in [-0.25, -0.2) is 0 Å². The molecule has 2 rings (SSSR count). The molecule has 0 amide bonds. The molecular formula is C13H32N2O2. The lowest BCUT2D eigenvalue weighted by atomic mass is 9.88. The Hall–Kier alpha value is -0.160. The first kappa shape index (κ1) is 19.2. The molecule has 2 aliphatic rings. The first-order valence-electron chi connectivity index (χ1n) is 6.40. The second kappa shape index (κ2) is 11.0. The maximum absolute atomic E-state index is 9.30. The molecule has 2 fully saturated rings. The number of epoxide rings is 1. The van der Waals surface area contributed by atoms with Crippen molar-refractivity contribution in [3.05, 3.63) is 0 Å². The van der Waals surface area contributed by atoms with Crippen molar-refractivity contribution in [1.29, 1.82) is 0 Å². The lowest BCUT2D eigenvalue weighted by Gasteiger charge is -2.37. The van der Waals surface area contributed by atoms with E-state index in [1.807, 2.05) is 13.8 Å². The highest BCUT2D eigenvalue weighted by Crippen LogP contribution is 2.27. The minimum atomic E-state index is -0.477. The van der Waals surface area contributed by atoms with Gasteiger partial charge in [-0.3, -0.25) is 5.32 Å². The number of aliphatic hydroxyl groups is 1. The molecule has 1 atom stereocenters. The fourth-order valence-electron chi connectivity index (χ4n) is 1.32. The molecule has 1 saturated carbocycles. The minimum absolute atomic E-state index is 0. The summed E-state index contributed by atoms with van der Waals surface area (Å²) in [6.07, 6.45) is 4.86. The molecule has 1 heterocycles. The summed E-state index contributed by atoms with van der Waals surface area (Å²) in [5.74, 6) is 0. The second-order valence-corrected chi connectivity index (χ2v) is 4.19. The molecule has 0 aromatic rings. The minimum Gasteiger partial charge on any atom is -0.376 e. The normalized spacial score (nSPS) is 22.8. The highest BCUT2D eigenvalue weighted by atomic mass is 16.6. The van der Waals surface area contributed by atoms with E-state index in [-0.39, 0.29) is 7.43 Å². The first-order chi connectivity index (χ1) is 7.61. The predicted octanol–water partition coefficient (Wildman–Crippen LogP) is 1.86. The molecule has 106 valence electrons. The highest BCUT2D eigenvalue weighted by molar-refractivity contribution is 4.83. The molecule has 0 aromatic carbocycles. The Bertz CT molecular complexity index is 157. The van der Waals surface area contributed by atoms with Crippen molar-refractivity contribution in [3.8, 4) is 0 Å². The molecule has 4 heteroatoms. The van der Waals surface area contributed by atoms with Crippen LogP contribution in [-0.4, -0.2) is 36.6 Å². The summed E-state index contributed by atoms with van der Waals surface area (Å²) < 4.78 is 4.86. The van der Waals surface area contributed by atoms with Crippen LogP contribution in [0.3, 0.4) is 0 Å². The Morgan fingerprint density at radius 1 is 1.35 bits per heavy atom. The van der Waals surface area contributed by atoms with E-state index < -0.39 is 5.72 Å². The van der Waals surface area contributed by atoms with Crippen LogP contribution in [0.1, 0.15) is 53.9 Å². The van der Waals surface area contributed by atoms with Crippen LogP contribution < -0.4 is 11.1 Å². The molecule has 0 spiro atoms. The van der Waals surface area contributed by atoms with Gasteiger partial charge in [-0.1, -0.05) is 28.2 Å². The maximum atomic E-state index is 9.30. The number of nitrogens with two attached hydrogens (primary N) is 1. The van der Waals surface area contributed by atoms with Gasteiger partial charge in [-0.2, -0.15) is 0 Å². The van der Waals surface area contributed by atoms with Crippen LogP contribution in [0.15, 0.2) is 0 Å². The Labute approximate surface area is 107 Å². The Balaban J connectivity index is 0. The molecule has 17 heavy (non-hydrogen) atoms. The van der Waals surface area contributed by atoms with Gasteiger partial charge < -0.3 is 15.6 Å². The van der Waals surface area contributed by atoms with Crippen molar-refractivity contribution in [2.24, 2.45) is 5.73 Å². The summed E-state index contributed by atoms with van der Waals surface area (Å²) in [5, 5.41) is 12.3. The smallest absolute Gasteiger partial charge is 0.116 e. The average molecular weight is 248 g/mol. The van der Waals surface area contributed by atoms with Crippen LogP contribution in [0, 0.1) is 0 Å². The van der Waals surface area contributed by atoms with Gasteiger partial charge in [0.1, 0.15) is 5.72 Å². The fourth-order valence-corrected chi connectivity index (χ4v) is 1.32. The van der Waals surface area contributed by atoms with Crippen molar-refractivity contribution >= 4 is 0 Å². The van der Waals surface area contributed by atoms with Gasteiger partial charge in [0.2, 0.25) is 0 Å². The zero-order chi connectivity index (χ0) is 12.4. The van der Waals surface area contributed by atoms with Gasteiger partial charge in [0.25, 0.3) is 0 Å². The highest BCUT2D eigenvalue weighted by Gasteiger charge is 2.32. The van der Waals surface area contributed by atoms with Crippen molar-refractivity contribution in [3.63, 3.8) is 0 Å².